The number of likely N-dealkylation sites (tertiary alicyclic amines) is 1. The van der Waals surface area contributed by atoms with E-state index in [0.717, 1.165) is 23.9 Å². The lowest BCUT2D eigenvalue weighted by Crippen LogP contribution is -2.38. The van der Waals surface area contributed by atoms with Gasteiger partial charge in [-0.2, -0.15) is 5.26 Å². The van der Waals surface area contributed by atoms with Crippen molar-refractivity contribution >= 4 is 17.0 Å². The predicted octanol–water partition coefficient (Wildman–Crippen LogP) is 2.18. The summed E-state index contributed by atoms with van der Waals surface area (Å²) in [5.74, 6) is 0. The zero-order valence-electron chi connectivity index (χ0n) is 17.2. The van der Waals surface area contributed by atoms with E-state index < -0.39 is 6.09 Å². The van der Waals surface area contributed by atoms with Gasteiger partial charge in [-0.15, -0.1) is 0 Å². The topological polar surface area (TPSA) is 90.5 Å². The van der Waals surface area contributed by atoms with Crippen LogP contribution in [0.1, 0.15) is 37.1 Å². The molecule has 1 saturated heterocycles. The molecular weight excluding hydrogens is 368 g/mol. The number of carbonyl (C=O) groups excluding carboxylic acids is 1. The fourth-order valence-corrected chi connectivity index (χ4v) is 4.72. The molecule has 0 unspecified atom stereocenters. The number of hydrogen-bond donors (Lipinski definition) is 2. The van der Waals surface area contributed by atoms with Crippen LogP contribution in [0.25, 0.3) is 10.9 Å². The number of alkyl carbamates (subject to hydrolysis) is 1. The molecule has 154 valence electrons. The number of likely N-dealkylation sites (N-methyl/N-ethyl adjacent to an activating group) is 1. The summed E-state index contributed by atoms with van der Waals surface area (Å²) in [5, 5.41) is 23.8. The lowest BCUT2D eigenvalue weighted by atomic mass is 10.1. The van der Waals surface area contributed by atoms with Gasteiger partial charge in [0.15, 0.2) is 0 Å². The highest BCUT2D eigenvalue weighted by Crippen LogP contribution is 2.35. The first-order valence-electron chi connectivity index (χ1n) is 10.3. The molecule has 0 bridgehead atoms. The smallest absolute Gasteiger partial charge is 0.407 e. The van der Waals surface area contributed by atoms with Gasteiger partial charge in [-0.25, -0.2) is 4.79 Å². The third-order valence-electron chi connectivity index (χ3n) is 6.13. The lowest BCUT2D eigenvalue weighted by molar-refractivity contribution is 0.112. The van der Waals surface area contributed by atoms with Gasteiger partial charge in [-0.05, 0) is 57.5 Å². The number of hydrogen-bond acceptors (Lipinski definition) is 5. The van der Waals surface area contributed by atoms with E-state index in [4.69, 9.17) is 4.74 Å². The molecule has 7 heteroatoms. The van der Waals surface area contributed by atoms with Gasteiger partial charge in [-0.1, -0.05) is 0 Å². The maximum absolute atomic E-state index is 12.1. The van der Waals surface area contributed by atoms with Crippen LogP contribution in [0.2, 0.25) is 0 Å². The summed E-state index contributed by atoms with van der Waals surface area (Å²) in [7, 11) is 2.05. The van der Waals surface area contributed by atoms with Crippen LogP contribution in [0.5, 0.6) is 0 Å². The minimum atomic E-state index is -0.394. The van der Waals surface area contributed by atoms with Crippen molar-refractivity contribution in [1.82, 2.24) is 14.8 Å². The Balaban J connectivity index is 1.67. The normalized spacial score (nSPS) is 24.1. The molecule has 29 heavy (non-hydrogen) atoms. The lowest BCUT2D eigenvalue weighted by Gasteiger charge is -2.24. The third-order valence-corrected chi connectivity index (χ3v) is 6.13. The zero-order chi connectivity index (χ0) is 20.7. The molecule has 1 amide bonds. The number of nitrogens with one attached hydrogen (secondary N) is 1. The minimum Gasteiger partial charge on any atom is -0.447 e. The second kappa shape index (κ2) is 7.69. The Labute approximate surface area is 170 Å². The molecule has 1 aromatic carbocycles. The maximum atomic E-state index is 12.1. The standard InChI is InChI=1S/C22H28N4O3/c1-13(2)29-22(28)24-15-9-17-16-8-14(11-23)4-5-18(16)26(19(17)10-15)12-20-21(27)6-7-25(20)3/h4-5,8,13,15,20-21,27H,6-7,9-10,12H2,1-3H3,(H,24,28)/t15-,20+,21-/m0/s1. The average Bonchev–Trinajstić information content (AvgIpc) is 3.29. The largest absolute Gasteiger partial charge is 0.447 e. The number of ether oxygens (including phenoxy) is 1. The first-order valence-corrected chi connectivity index (χ1v) is 10.3. The van der Waals surface area contributed by atoms with Crippen LogP contribution in [-0.4, -0.2) is 58.6 Å². The Kier molecular flexibility index (Phi) is 5.24. The van der Waals surface area contributed by atoms with Gasteiger partial charge in [-0.3, -0.25) is 4.90 Å². The second-order valence-corrected chi connectivity index (χ2v) is 8.49. The Morgan fingerprint density at radius 2 is 2.21 bits per heavy atom. The Morgan fingerprint density at radius 3 is 2.86 bits per heavy atom. The van der Waals surface area contributed by atoms with Crippen molar-refractivity contribution in [2.75, 3.05) is 13.6 Å². The SMILES string of the molecule is CC(C)OC(=O)N[C@H]1Cc2c(n(C[C@@H]3[C@@H](O)CCN3C)c3ccc(C#N)cc23)C1. The first kappa shape index (κ1) is 19.7. The van der Waals surface area contributed by atoms with Crippen LogP contribution in [0.15, 0.2) is 18.2 Å². The molecule has 0 spiro atoms. The highest BCUT2D eigenvalue weighted by molar-refractivity contribution is 5.88. The van der Waals surface area contributed by atoms with E-state index in [1.165, 1.54) is 11.3 Å². The monoisotopic (exact) mass is 396 g/mol. The summed E-state index contributed by atoms with van der Waals surface area (Å²) in [6.45, 7) is 5.24. The van der Waals surface area contributed by atoms with Gasteiger partial charge in [0.05, 0.1) is 29.9 Å². The van der Waals surface area contributed by atoms with E-state index in [2.05, 4.69) is 20.9 Å². The summed E-state index contributed by atoms with van der Waals surface area (Å²) in [4.78, 5) is 14.3. The summed E-state index contributed by atoms with van der Waals surface area (Å²) < 4.78 is 7.51. The summed E-state index contributed by atoms with van der Waals surface area (Å²) in [6, 6.07) is 8.04. The molecule has 2 aromatic rings. The molecule has 2 aliphatic rings. The van der Waals surface area contributed by atoms with Crippen LogP contribution < -0.4 is 5.32 Å². The summed E-state index contributed by atoms with van der Waals surface area (Å²) >= 11 is 0. The highest BCUT2D eigenvalue weighted by atomic mass is 16.6. The van der Waals surface area contributed by atoms with Gasteiger partial charge in [0.25, 0.3) is 0 Å². The third kappa shape index (κ3) is 3.70. The molecule has 2 N–H and O–H groups in total. The molecule has 1 aromatic heterocycles. The van der Waals surface area contributed by atoms with E-state index in [0.29, 0.717) is 24.9 Å². The molecule has 1 aliphatic carbocycles. The summed E-state index contributed by atoms with van der Waals surface area (Å²) in [6.07, 6.45) is 1.31. The number of nitrogens with zero attached hydrogens (tertiary/aromatic N) is 3. The van der Waals surface area contributed by atoms with Crippen molar-refractivity contribution < 1.29 is 14.6 Å². The summed E-state index contributed by atoms with van der Waals surface area (Å²) in [5.41, 5.74) is 4.08. The van der Waals surface area contributed by atoms with Gasteiger partial charge >= 0.3 is 6.09 Å². The predicted molar refractivity (Wildman–Crippen MR) is 110 cm³/mol. The van der Waals surface area contributed by atoms with Crippen molar-refractivity contribution in [3.8, 4) is 6.07 Å². The van der Waals surface area contributed by atoms with Crippen LogP contribution in [-0.2, 0) is 24.1 Å². The number of fused-ring (bicyclic) bond motifs is 3. The van der Waals surface area contributed by atoms with Crippen molar-refractivity contribution in [3.05, 3.63) is 35.0 Å². The molecular formula is C22H28N4O3. The zero-order valence-corrected chi connectivity index (χ0v) is 17.2. The molecule has 4 rings (SSSR count). The van der Waals surface area contributed by atoms with E-state index in [1.807, 2.05) is 39.1 Å². The Morgan fingerprint density at radius 1 is 1.41 bits per heavy atom. The number of nitriles is 1. The van der Waals surface area contributed by atoms with Gasteiger partial charge in [0.2, 0.25) is 0 Å². The molecule has 2 heterocycles. The molecule has 0 radical (unpaired) electrons. The van der Waals surface area contributed by atoms with E-state index in [-0.39, 0.29) is 24.3 Å². The van der Waals surface area contributed by atoms with Crippen LogP contribution in [0.3, 0.4) is 0 Å². The molecule has 7 nitrogen and oxygen atoms in total. The number of aliphatic hydroxyl groups is 1. The second-order valence-electron chi connectivity index (χ2n) is 8.49. The molecule has 0 saturated carbocycles. The van der Waals surface area contributed by atoms with E-state index >= 15 is 0 Å². The maximum Gasteiger partial charge on any atom is 0.407 e. The molecule has 1 aliphatic heterocycles. The van der Waals surface area contributed by atoms with Gasteiger partial charge < -0.3 is 19.7 Å². The molecule has 1 fully saturated rings. The van der Waals surface area contributed by atoms with E-state index in [1.54, 1.807) is 0 Å². The van der Waals surface area contributed by atoms with Crippen molar-refractivity contribution in [2.24, 2.45) is 0 Å². The number of carbonyl (C=O) groups is 1. The number of aliphatic hydroxyl groups excluding tert-OH is 1. The van der Waals surface area contributed by atoms with Gasteiger partial charge in [0.1, 0.15) is 0 Å². The average molecular weight is 396 g/mol. The number of rotatable bonds is 4. The van der Waals surface area contributed by atoms with Crippen molar-refractivity contribution in [1.29, 1.82) is 5.26 Å². The molecule has 3 atom stereocenters. The fraction of sp³-hybridized carbons (Fsp3) is 0.545. The Hall–Kier alpha value is -2.56. The minimum absolute atomic E-state index is 0.0288. The van der Waals surface area contributed by atoms with Crippen molar-refractivity contribution in [3.63, 3.8) is 0 Å². The Bertz CT molecular complexity index is 965. The number of aromatic nitrogens is 1. The fourth-order valence-electron chi connectivity index (χ4n) is 4.72. The van der Waals surface area contributed by atoms with Gasteiger partial charge in [0, 0.05) is 42.1 Å². The van der Waals surface area contributed by atoms with Crippen molar-refractivity contribution in [2.45, 2.75) is 63.9 Å². The highest BCUT2D eigenvalue weighted by Gasteiger charge is 2.34. The first-order chi connectivity index (χ1) is 13.9. The van der Waals surface area contributed by atoms with Crippen LogP contribution in [0.4, 0.5) is 4.79 Å². The number of benzene rings is 1. The number of amides is 1. The van der Waals surface area contributed by atoms with Crippen LogP contribution in [0, 0.1) is 11.3 Å². The quantitative estimate of drug-likeness (QED) is 0.827. The van der Waals surface area contributed by atoms with E-state index in [9.17, 15) is 15.2 Å². The van der Waals surface area contributed by atoms with Crippen LogP contribution >= 0.6 is 0 Å².